The zero-order valence-corrected chi connectivity index (χ0v) is 13.9. The predicted molar refractivity (Wildman–Crippen MR) is 88.7 cm³/mol. The van der Waals surface area contributed by atoms with Crippen molar-refractivity contribution in [2.45, 2.75) is 51.1 Å². The third kappa shape index (κ3) is 3.41. The van der Waals surface area contributed by atoms with Gasteiger partial charge in [-0.2, -0.15) is 0 Å². The number of nitrogens with zero attached hydrogens (tertiary/aromatic N) is 1. The van der Waals surface area contributed by atoms with Crippen molar-refractivity contribution in [1.29, 1.82) is 0 Å². The Balaban J connectivity index is 2.10. The van der Waals surface area contributed by atoms with Crippen molar-refractivity contribution >= 4 is 0 Å². The average Bonchev–Trinajstić information content (AvgIpc) is 2.89. The predicted octanol–water partition coefficient (Wildman–Crippen LogP) is 3.08. The molecule has 3 atom stereocenters. The molecule has 1 saturated carbocycles. The molecule has 3 heteroatoms. The van der Waals surface area contributed by atoms with Crippen LogP contribution in [0.1, 0.15) is 38.7 Å². The van der Waals surface area contributed by atoms with Gasteiger partial charge in [0.1, 0.15) is 5.75 Å². The highest BCUT2D eigenvalue weighted by atomic mass is 16.5. The van der Waals surface area contributed by atoms with E-state index in [-0.39, 0.29) is 5.54 Å². The summed E-state index contributed by atoms with van der Waals surface area (Å²) in [5, 5.41) is 0. The van der Waals surface area contributed by atoms with Gasteiger partial charge in [-0.15, -0.1) is 0 Å². The zero-order valence-electron chi connectivity index (χ0n) is 13.9. The summed E-state index contributed by atoms with van der Waals surface area (Å²) in [5.74, 6) is 1.77. The number of rotatable bonds is 6. The van der Waals surface area contributed by atoms with Gasteiger partial charge in [-0.3, -0.25) is 4.90 Å². The number of hydrogen-bond acceptors (Lipinski definition) is 3. The van der Waals surface area contributed by atoms with E-state index in [9.17, 15) is 0 Å². The van der Waals surface area contributed by atoms with Crippen molar-refractivity contribution in [2.24, 2.45) is 11.7 Å². The molecule has 21 heavy (non-hydrogen) atoms. The Bertz CT molecular complexity index is 462. The van der Waals surface area contributed by atoms with Crippen LogP contribution < -0.4 is 10.5 Å². The molecule has 0 amide bonds. The fourth-order valence-corrected chi connectivity index (χ4v) is 3.81. The lowest BCUT2D eigenvalue weighted by molar-refractivity contribution is 0.0861. The molecule has 0 aliphatic heterocycles. The van der Waals surface area contributed by atoms with Gasteiger partial charge in [0.25, 0.3) is 0 Å². The van der Waals surface area contributed by atoms with Crippen LogP contribution in [0.25, 0.3) is 0 Å². The number of para-hydroxylation sites is 1. The van der Waals surface area contributed by atoms with E-state index in [4.69, 9.17) is 10.5 Å². The molecule has 0 radical (unpaired) electrons. The van der Waals surface area contributed by atoms with Gasteiger partial charge in [0.15, 0.2) is 0 Å². The number of hydrogen-bond donors (Lipinski definition) is 1. The van der Waals surface area contributed by atoms with Gasteiger partial charge < -0.3 is 10.5 Å². The highest BCUT2D eigenvalue weighted by Crippen LogP contribution is 2.39. The summed E-state index contributed by atoms with van der Waals surface area (Å²) in [6.45, 7) is 5.40. The molecular weight excluding hydrogens is 260 g/mol. The second-order valence-electron chi connectivity index (χ2n) is 6.75. The Kier molecular flexibility index (Phi) is 5.28. The van der Waals surface area contributed by atoms with Crippen molar-refractivity contribution in [2.75, 3.05) is 20.7 Å². The summed E-state index contributed by atoms with van der Waals surface area (Å²) in [7, 11) is 3.98. The SMILES string of the molecule is COc1ccccc1CC(C)N(C)C1(CN)CCC(C)C1. The van der Waals surface area contributed by atoms with Crippen LogP contribution in [0.4, 0.5) is 0 Å². The van der Waals surface area contributed by atoms with Crippen LogP contribution in [0.15, 0.2) is 24.3 Å². The smallest absolute Gasteiger partial charge is 0.122 e. The van der Waals surface area contributed by atoms with Gasteiger partial charge in [0, 0.05) is 18.1 Å². The maximum atomic E-state index is 6.15. The van der Waals surface area contributed by atoms with E-state index in [1.165, 1.54) is 24.8 Å². The highest BCUT2D eigenvalue weighted by Gasteiger charge is 2.41. The molecule has 3 unspecified atom stereocenters. The number of methoxy groups -OCH3 is 1. The number of likely N-dealkylation sites (N-methyl/N-ethyl adjacent to an activating group) is 1. The Labute approximate surface area is 129 Å². The summed E-state index contributed by atoms with van der Waals surface area (Å²) in [4.78, 5) is 2.52. The maximum absolute atomic E-state index is 6.15. The van der Waals surface area contributed by atoms with E-state index in [2.05, 4.69) is 37.9 Å². The Hall–Kier alpha value is -1.06. The van der Waals surface area contributed by atoms with E-state index in [1.807, 2.05) is 12.1 Å². The van der Waals surface area contributed by atoms with Gasteiger partial charge in [-0.25, -0.2) is 0 Å². The molecule has 0 heterocycles. The van der Waals surface area contributed by atoms with E-state index in [1.54, 1.807) is 7.11 Å². The number of nitrogens with two attached hydrogens (primary N) is 1. The van der Waals surface area contributed by atoms with E-state index >= 15 is 0 Å². The molecule has 1 aromatic carbocycles. The monoisotopic (exact) mass is 290 g/mol. The fourth-order valence-electron chi connectivity index (χ4n) is 3.81. The van der Waals surface area contributed by atoms with Crippen LogP contribution in [0.2, 0.25) is 0 Å². The van der Waals surface area contributed by atoms with Crippen LogP contribution >= 0.6 is 0 Å². The Morgan fingerprint density at radius 3 is 2.71 bits per heavy atom. The van der Waals surface area contributed by atoms with E-state index in [0.717, 1.165) is 24.6 Å². The minimum atomic E-state index is 0.181. The minimum Gasteiger partial charge on any atom is -0.496 e. The van der Waals surface area contributed by atoms with Gasteiger partial charge >= 0.3 is 0 Å². The second-order valence-corrected chi connectivity index (χ2v) is 6.75. The maximum Gasteiger partial charge on any atom is 0.122 e. The first-order valence-electron chi connectivity index (χ1n) is 8.07. The third-order valence-electron chi connectivity index (χ3n) is 5.33. The molecular formula is C18H30N2O. The lowest BCUT2D eigenvalue weighted by Gasteiger charge is -2.42. The van der Waals surface area contributed by atoms with Crippen molar-refractivity contribution in [3.05, 3.63) is 29.8 Å². The summed E-state index contributed by atoms with van der Waals surface area (Å²) in [5.41, 5.74) is 7.61. The third-order valence-corrected chi connectivity index (χ3v) is 5.33. The molecule has 0 saturated heterocycles. The summed E-state index contributed by atoms with van der Waals surface area (Å²) in [6, 6.07) is 8.76. The lowest BCUT2D eigenvalue weighted by Crippen LogP contribution is -2.54. The molecule has 1 aliphatic carbocycles. The average molecular weight is 290 g/mol. The number of ether oxygens (including phenoxy) is 1. The molecule has 0 bridgehead atoms. The van der Waals surface area contributed by atoms with E-state index < -0.39 is 0 Å². The zero-order chi connectivity index (χ0) is 15.5. The second kappa shape index (κ2) is 6.80. The molecule has 118 valence electrons. The summed E-state index contributed by atoms with van der Waals surface area (Å²) >= 11 is 0. The summed E-state index contributed by atoms with van der Waals surface area (Å²) in [6.07, 6.45) is 4.73. The van der Waals surface area contributed by atoms with Crippen LogP contribution in [0.3, 0.4) is 0 Å². The molecule has 0 aromatic heterocycles. The van der Waals surface area contributed by atoms with Gasteiger partial charge in [0.05, 0.1) is 7.11 Å². The van der Waals surface area contributed by atoms with Gasteiger partial charge in [-0.1, -0.05) is 25.1 Å². The lowest BCUT2D eigenvalue weighted by atomic mass is 9.91. The van der Waals surface area contributed by atoms with Crippen LogP contribution in [0, 0.1) is 5.92 Å². The summed E-state index contributed by atoms with van der Waals surface area (Å²) < 4.78 is 5.48. The first kappa shape index (κ1) is 16.3. The standard InChI is InChI=1S/C18H30N2O/c1-14-9-10-18(12-14,13-19)20(3)15(2)11-16-7-5-6-8-17(16)21-4/h5-8,14-15H,9-13,19H2,1-4H3. The first-order chi connectivity index (χ1) is 10.0. The molecule has 1 aliphatic rings. The molecule has 2 rings (SSSR count). The number of benzene rings is 1. The first-order valence-corrected chi connectivity index (χ1v) is 8.07. The van der Waals surface area contributed by atoms with Gasteiger partial charge in [-0.05, 0) is 57.2 Å². The van der Waals surface area contributed by atoms with Crippen molar-refractivity contribution in [3.63, 3.8) is 0 Å². The Morgan fingerprint density at radius 1 is 1.43 bits per heavy atom. The van der Waals surface area contributed by atoms with Crippen LogP contribution in [0.5, 0.6) is 5.75 Å². The fraction of sp³-hybridized carbons (Fsp3) is 0.667. The van der Waals surface area contributed by atoms with Crippen LogP contribution in [-0.2, 0) is 6.42 Å². The van der Waals surface area contributed by atoms with E-state index in [0.29, 0.717) is 6.04 Å². The molecule has 0 spiro atoms. The molecule has 1 fully saturated rings. The largest absolute Gasteiger partial charge is 0.496 e. The molecule has 1 aromatic rings. The topological polar surface area (TPSA) is 38.5 Å². The van der Waals surface area contributed by atoms with Gasteiger partial charge in [0.2, 0.25) is 0 Å². The van der Waals surface area contributed by atoms with Crippen LogP contribution in [-0.4, -0.2) is 37.2 Å². The quantitative estimate of drug-likeness (QED) is 0.875. The van der Waals surface area contributed by atoms with Crippen molar-refractivity contribution in [1.82, 2.24) is 4.90 Å². The highest BCUT2D eigenvalue weighted by molar-refractivity contribution is 5.33. The van der Waals surface area contributed by atoms with Crippen molar-refractivity contribution < 1.29 is 4.74 Å². The normalized spacial score (nSPS) is 27.0. The molecule has 3 nitrogen and oxygen atoms in total. The molecule has 2 N–H and O–H groups in total. The van der Waals surface area contributed by atoms with Crippen molar-refractivity contribution in [3.8, 4) is 5.75 Å². The Morgan fingerprint density at radius 2 is 2.14 bits per heavy atom. The minimum absolute atomic E-state index is 0.181.